The molecule has 0 N–H and O–H groups in total. The second kappa shape index (κ2) is 6.33. The lowest BCUT2D eigenvalue weighted by atomic mass is 10.0. The predicted molar refractivity (Wildman–Crippen MR) is 99.7 cm³/mol. The van der Waals surface area contributed by atoms with Crippen LogP contribution in [-0.2, 0) is 9.53 Å². The fourth-order valence-electron chi connectivity index (χ4n) is 4.00. The maximum Gasteiger partial charge on any atom is 0.416 e. The number of rotatable bonds is 3. The first kappa shape index (κ1) is 16.7. The number of aromatic nitrogens is 2. The number of carbonyl (C=O) groups is 2. The van der Waals surface area contributed by atoms with Gasteiger partial charge in [0.1, 0.15) is 6.61 Å². The second-order valence-electron chi connectivity index (χ2n) is 7.11. The van der Waals surface area contributed by atoms with Crippen LogP contribution < -0.4 is 0 Å². The monoisotopic (exact) mass is 375 g/mol. The summed E-state index contributed by atoms with van der Waals surface area (Å²) in [6.45, 7) is 2.02. The first-order valence-electron chi connectivity index (χ1n) is 9.15. The summed E-state index contributed by atoms with van der Waals surface area (Å²) in [6.07, 6.45) is 2.78. The van der Waals surface area contributed by atoms with E-state index in [1.807, 2.05) is 36.4 Å². The Balaban J connectivity index is 1.54. The first-order chi connectivity index (χ1) is 13.7. The predicted octanol–water partition coefficient (Wildman–Crippen LogP) is 1.91. The van der Waals surface area contributed by atoms with Gasteiger partial charge in [0.05, 0.1) is 34.8 Å². The highest BCUT2D eigenvalue weighted by atomic mass is 16.6. The van der Waals surface area contributed by atoms with Gasteiger partial charge in [-0.15, -0.1) is 0 Å². The number of fused-ring (bicyclic) bond motifs is 1. The lowest BCUT2D eigenvalue weighted by Crippen LogP contribution is -2.39. The molecule has 5 rings (SSSR count). The van der Waals surface area contributed by atoms with Gasteiger partial charge in [-0.05, 0) is 31.2 Å². The van der Waals surface area contributed by atoms with E-state index in [-0.39, 0.29) is 30.4 Å². The fourth-order valence-corrected chi connectivity index (χ4v) is 4.00. The number of amides is 2. The van der Waals surface area contributed by atoms with Crippen LogP contribution in [0, 0.1) is 17.8 Å². The van der Waals surface area contributed by atoms with E-state index in [0.29, 0.717) is 22.8 Å². The van der Waals surface area contributed by atoms with Crippen molar-refractivity contribution in [2.45, 2.75) is 13.0 Å². The van der Waals surface area contributed by atoms with E-state index in [9.17, 15) is 9.59 Å². The van der Waals surface area contributed by atoms with Crippen molar-refractivity contribution in [2.75, 3.05) is 6.61 Å². The van der Waals surface area contributed by atoms with Crippen LogP contribution in [0.25, 0.3) is 0 Å². The minimum atomic E-state index is -0.589. The van der Waals surface area contributed by atoms with Crippen LogP contribution in [-0.4, -0.2) is 50.9 Å². The Morgan fingerprint density at radius 1 is 1.00 bits per heavy atom. The summed E-state index contributed by atoms with van der Waals surface area (Å²) in [6, 6.07) is 10.8. The number of pyridine rings is 2. The van der Waals surface area contributed by atoms with E-state index in [4.69, 9.17) is 4.74 Å². The lowest BCUT2D eigenvalue weighted by Gasteiger charge is -2.15. The summed E-state index contributed by atoms with van der Waals surface area (Å²) < 4.78 is 5.03. The maximum atomic E-state index is 13.2. The van der Waals surface area contributed by atoms with Gasteiger partial charge in [0, 0.05) is 24.2 Å². The van der Waals surface area contributed by atoms with E-state index in [1.54, 1.807) is 19.3 Å². The van der Waals surface area contributed by atoms with E-state index in [1.165, 1.54) is 4.90 Å². The molecule has 1 saturated carbocycles. The molecule has 0 unspecified atom stereocenters. The zero-order valence-electron chi connectivity index (χ0n) is 15.1. The molecule has 4 atom stereocenters. The fraction of sp³-hybridized carbons (Fsp3) is 0.300. The van der Waals surface area contributed by atoms with Gasteiger partial charge in [0.2, 0.25) is 5.91 Å². The largest absolute Gasteiger partial charge is 0.447 e. The van der Waals surface area contributed by atoms with Crippen molar-refractivity contribution in [3.63, 3.8) is 0 Å². The zero-order valence-corrected chi connectivity index (χ0v) is 15.1. The Morgan fingerprint density at radius 2 is 1.57 bits per heavy atom. The standard InChI is InChI=1S/C20H17N5O3/c1-11-10-28-20(27)25(11)19(26)16-14-15(16)18(13-7-3-5-9-22-13)24-23-17(14)12-6-2-4-8-21-12/h2-9,11,14-16H,10H2,1H3/t11-,14-,15+,16+/m0/s1. The average Bonchev–Trinajstić information content (AvgIpc) is 3.39. The average molecular weight is 375 g/mol. The van der Waals surface area contributed by atoms with Gasteiger partial charge < -0.3 is 4.74 Å². The lowest BCUT2D eigenvalue weighted by molar-refractivity contribution is -0.130. The molecule has 0 radical (unpaired) electrons. The third-order valence-electron chi connectivity index (χ3n) is 5.38. The minimum absolute atomic E-state index is 0.183. The van der Waals surface area contributed by atoms with Crippen molar-refractivity contribution >= 4 is 23.4 Å². The molecule has 28 heavy (non-hydrogen) atoms. The van der Waals surface area contributed by atoms with Crippen molar-refractivity contribution in [1.82, 2.24) is 14.9 Å². The van der Waals surface area contributed by atoms with E-state index >= 15 is 0 Å². The van der Waals surface area contributed by atoms with Crippen LogP contribution in [0.5, 0.6) is 0 Å². The summed E-state index contributed by atoms with van der Waals surface area (Å²) in [4.78, 5) is 35.2. The van der Waals surface area contributed by atoms with Crippen LogP contribution in [0.1, 0.15) is 18.3 Å². The van der Waals surface area contributed by atoms with E-state index < -0.39 is 12.0 Å². The van der Waals surface area contributed by atoms with Crippen LogP contribution in [0.3, 0.4) is 0 Å². The van der Waals surface area contributed by atoms with E-state index in [0.717, 1.165) is 0 Å². The zero-order chi connectivity index (χ0) is 19.3. The molecule has 4 heterocycles. The Bertz CT molecular complexity index is 944. The molecule has 0 spiro atoms. The molecule has 1 saturated heterocycles. The SMILES string of the molecule is C[C@H]1COC(=O)N1C(=O)[C@@H]1[C@H]2C(c3ccccn3)=NN=C(c3ccccn3)[C@@H]12. The van der Waals surface area contributed by atoms with Crippen LogP contribution in [0.4, 0.5) is 4.79 Å². The number of hydrogen-bond donors (Lipinski definition) is 0. The van der Waals surface area contributed by atoms with Crippen LogP contribution in [0.15, 0.2) is 59.0 Å². The molecule has 0 bridgehead atoms. The van der Waals surface area contributed by atoms with Crippen molar-refractivity contribution in [3.8, 4) is 0 Å². The molecule has 3 aliphatic rings. The molecule has 2 aliphatic heterocycles. The number of cyclic esters (lactones) is 1. The molecule has 2 aromatic rings. The maximum absolute atomic E-state index is 13.2. The van der Waals surface area contributed by atoms with Crippen molar-refractivity contribution in [1.29, 1.82) is 0 Å². The number of ether oxygens (including phenoxy) is 1. The molecule has 2 amide bonds. The van der Waals surface area contributed by atoms with Crippen LogP contribution in [0.2, 0.25) is 0 Å². The Hall–Kier alpha value is -3.42. The topological polar surface area (TPSA) is 97.1 Å². The molecular formula is C20H17N5O3. The number of carbonyl (C=O) groups excluding carboxylic acids is 2. The third-order valence-corrected chi connectivity index (χ3v) is 5.38. The molecule has 1 aliphatic carbocycles. The number of hydrogen-bond acceptors (Lipinski definition) is 7. The minimum Gasteiger partial charge on any atom is -0.447 e. The Kier molecular flexibility index (Phi) is 3.78. The van der Waals surface area contributed by atoms with Gasteiger partial charge in [0.15, 0.2) is 0 Å². The highest BCUT2D eigenvalue weighted by Gasteiger charge is 2.64. The molecule has 2 fully saturated rings. The van der Waals surface area contributed by atoms with Gasteiger partial charge in [-0.2, -0.15) is 10.2 Å². The summed E-state index contributed by atoms with van der Waals surface area (Å²) in [7, 11) is 0. The summed E-state index contributed by atoms with van der Waals surface area (Å²) in [5, 5.41) is 8.79. The van der Waals surface area contributed by atoms with E-state index in [2.05, 4.69) is 20.2 Å². The molecule has 140 valence electrons. The summed E-state index contributed by atoms with van der Waals surface area (Å²) >= 11 is 0. The first-order valence-corrected chi connectivity index (χ1v) is 9.15. The van der Waals surface area contributed by atoms with Gasteiger partial charge >= 0.3 is 6.09 Å². The highest BCUT2D eigenvalue weighted by Crippen LogP contribution is 2.53. The molecule has 2 aromatic heterocycles. The summed E-state index contributed by atoms with van der Waals surface area (Å²) in [5.41, 5.74) is 2.72. The second-order valence-corrected chi connectivity index (χ2v) is 7.11. The van der Waals surface area contributed by atoms with Crippen molar-refractivity contribution in [3.05, 3.63) is 60.2 Å². The number of nitrogens with zero attached hydrogens (tertiary/aromatic N) is 5. The Labute approximate surface area is 161 Å². The number of imide groups is 1. The normalized spacial score (nSPS) is 28.2. The van der Waals surface area contributed by atoms with Gasteiger partial charge in [-0.25, -0.2) is 9.69 Å². The highest BCUT2D eigenvalue weighted by molar-refractivity contribution is 6.18. The molecule has 0 aromatic carbocycles. The summed E-state index contributed by atoms with van der Waals surface area (Å²) in [5.74, 6) is -1.05. The Morgan fingerprint density at radius 3 is 2.00 bits per heavy atom. The van der Waals surface area contributed by atoms with Crippen molar-refractivity contribution in [2.24, 2.45) is 28.0 Å². The molecular weight excluding hydrogens is 358 g/mol. The third kappa shape index (κ3) is 2.52. The van der Waals surface area contributed by atoms with Gasteiger partial charge in [-0.3, -0.25) is 14.8 Å². The molecule has 8 nitrogen and oxygen atoms in total. The van der Waals surface area contributed by atoms with Crippen molar-refractivity contribution < 1.29 is 14.3 Å². The van der Waals surface area contributed by atoms with Crippen LogP contribution >= 0.6 is 0 Å². The quantitative estimate of drug-likeness (QED) is 0.816. The van der Waals surface area contributed by atoms with Gasteiger partial charge in [0.25, 0.3) is 0 Å². The van der Waals surface area contributed by atoms with Gasteiger partial charge in [-0.1, -0.05) is 12.1 Å². The smallest absolute Gasteiger partial charge is 0.416 e. The molecule has 8 heteroatoms.